The first kappa shape index (κ1) is 23.8. The van der Waals surface area contributed by atoms with Gasteiger partial charge in [-0.1, -0.05) is 11.6 Å². The highest BCUT2D eigenvalue weighted by atomic mass is 35.5. The molecule has 3 N–H and O–H groups in total. The number of halogens is 2. The highest BCUT2D eigenvalue weighted by Crippen LogP contribution is 2.44. The van der Waals surface area contributed by atoms with Crippen LogP contribution >= 0.6 is 11.6 Å². The molecule has 1 spiro atoms. The van der Waals surface area contributed by atoms with Crippen LogP contribution in [-0.2, 0) is 4.79 Å². The molecule has 2 aromatic rings. The van der Waals surface area contributed by atoms with Gasteiger partial charge in [0, 0.05) is 60.0 Å². The summed E-state index contributed by atoms with van der Waals surface area (Å²) >= 11 is 5.79. The predicted molar refractivity (Wildman–Crippen MR) is 130 cm³/mol. The second kappa shape index (κ2) is 9.46. The van der Waals surface area contributed by atoms with E-state index in [-0.39, 0.29) is 22.4 Å². The quantitative estimate of drug-likeness (QED) is 0.624. The van der Waals surface area contributed by atoms with Crippen molar-refractivity contribution in [3.05, 3.63) is 64.6 Å². The van der Waals surface area contributed by atoms with Crippen molar-refractivity contribution in [1.29, 1.82) is 5.41 Å². The third-order valence-electron chi connectivity index (χ3n) is 6.82. The molecule has 4 rings (SSSR count). The zero-order valence-corrected chi connectivity index (χ0v) is 19.6. The number of nitrogens with two attached hydrogens (primary N) is 1. The zero-order chi connectivity index (χ0) is 24.5. The van der Waals surface area contributed by atoms with E-state index >= 15 is 0 Å². The number of carbonyl (C=O) groups is 2. The van der Waals surface area contributed by atoms with Crippen LogP contribution in [0, 0.1) is 16.6 Å². The van der Waals surface area contributed by atoms with Gasteiger partial charge in [-0.05, 0) is 49.6 Å². The summed E-state index contributed by atoms with van der Waals surface area (Å²) in [7, 11) is 1.53. The van der Waals surface area contributed by atoms with Gasteiger partial charge in [0.2, 0.25) is 5.91 Å². The molecule has 2 amide bonds. The van der Waals surface area contributed by atoms with Crippen LogP contribution in [0.25, 0.3) is 5.57 Å². The number of amides is 2. The van der Waals surface area contributed by atoms with Gasteiger partial charge in [0.05, 0.1) is 18.1 Å². The van der Waals surface area contributed by atoms with Gasteiger partial charge in [-0.15, -0.1) is 0 Å². The summed E-state index contributed by atoms with van der Waals surface area (Å²) in [5.74, 6) is -0.485. The second-order valence-electron chi connectivity index (χ2n) is 8.55. The van der Waals surface area contributed by atoms with Gasteiger partial charge in [0.15, 0.2) is 0 Å². The molecular weight excluding hydrogens is 459 g/mol. The van der Waals surface area contributed by atoms with Crippen molar-refractivity contribution in [3.63, 3.8) is 0 Å². The molecule has 2 aliphatic heterocycles. The molecule has 0 aliphatic carbocycles. The number of allylic oxidation sites excluding steroid dienone is 1. The van der Waals surface area contributed by atoms with Crippen LogP contribution in [0.3, 0.4) is 0 Å². The molecule has 0 bridgehead atoms. The number of nitrogens with one attached hydrogen (secondary N) is 1. The van der Waals surface area contributed by atoms with E-state index in [1.807, 2.05) is 6.07 Å². The molecule has 2 heterocycles. The Labute approximate surface area is 202 Å². The van der Waals surface area contributed by atoms with Crippen LogP contribution in [0.2, 0.25) is 5.02 Å². The fourth-order valence-electron chi connectivity index (χ4n) is 4.80. The van der Waals surface area contributed by atoms with Crippen LogP contribution in [-0.4, -0.2) is 49.7 Å². The highest BCUT2D eigenvalue weighted by Gasteiger charge is 2.49. The Hall–Kier alpha value is -3.39. The lowest BCUT2D eigenvalue weighted by molar-refractivity contribution is -0.127. The summed E-state index contributed by atoms with van der Waals surface area (Å²) in [6.45, 7) is 1.32. The minimum atomic E-state index is -0.644. The van der Waals surface area contributed by atoms with Gasteiger partial charge < -0.3 is 25.7 Å². The lowest BCUT2D eigenvalue weighted by atomic mass is 9.77. The Bertz CT molecular complexity index is 1170. The molecule has 2 aliphatic rings. The van der Waals surface area contributed by atoms with E-state index in [1.54, 1.807) is 21.9 Å². The minimum Gasteiger partial charge on any atom is -0.496 e. The number of anilines is 1. The predicted octanol–water partition coefficient (Wildman–Crippen LogP) is 4.10. The average molecular weight is 485 g/mol. The number of benzene rings is 2. The van der Waals surface area contributed by atoms with E-state index < -0.39 is 11.2 Å². The zero-order valence-electron chi connectivity index (χ0n) is 18.8. The Morgan fingerprint density at radius 3 is 2.44 bits per heavy atom. The largest absolute Gasteiger partial charge is 0.496 e. The highest BCUT2D eigenvalue weighted by molar-refractivity contribution is 6.30. The van der Waals surface area contributed by atoms with Crippen LogP contribution < -0.4 is 15.4 Å². The molecule has 0 saturated carbocycles. The summed E-state index contributed by atoms with van der Waals surface area (Å²) in [5.41, 5.74) is 6.96. The van der Waals surface area contributed by atoms with Gasteiger partial charge in [0.1, 0.15) is 11.6 Å². The smallest absolute Gasteiger partial charge is 0.256 e. The third-order valence-corrected chi connectivity index (χ3v) is 7.06. The van der Waals surface area contributed by atoms with E-state index in [0.29, 0.717) is 61.5 Å². The van der Waals surface area contributed by atoms with Crippen molar-refractivity contribution in [2.75, 3.05) is 31.6 Å². The molecule has 178 valence electrons. The average Bonchev–Trinajstić information content (AvgIpc) is 3.15. The second-order valence-corrected chi connectivity index (χ2v) is 8.99. The number of nitrogens with zero attached hydrogens (tertiary/aromatic N) is 2. The lowest BCUT2D eigenvalue weighted by Crippen LogP contribution is -2.46. The molecule has 2 fully saturated rings. The maximum atomic E-state index is 14.2. The molecule has 0 unspecified atom stereocenters. The summed E-state index contributed by atoms with van der Waals surface area (Å²) in [5, 5.41) is 7.76. The van der Waals surface area contributed by atoms with Crippen molar-refractivity contribution in [3.8, 4) is 5.75 Å². The topological polar surface area (TPSA) is 99.7 Å². The standard InChI is InChI=1S/C25H26ClFN4O3/c1-34-22-13-18(3-5-19(22)16(14-28)15-29)31-11-8-25(24(31)33)6-9-30(10-7-25)23(32)20-4-2-17(26)12-21(20)27/h2-5,12-15,28H,6-11,29H2,1H3/b16-15+,28-14?. The summed E-state index contributed by atoms with van der Waals surface area (Å²) in [4.78, 5) is 29.7. The van der Waals surface area contributed by atoms with Crippen molar-refractivity contribution in [2.24, 2.45) is 11.1 Å². The number of ether oxygens (including phenoxy) is 1. The number of piperidine rings is 1. The molecule has 2 aromatic carbocycles. The van der Waals surface area contributed by atoms with Gasteiger partial charge in [-0.25, -0.2) is 4.39 Å². The normalized spacial score (nSPS) is 17.9. The van der Waals surface area contributed by atoms with Crippen molar-refractivity contribution in [1.82, 2.24) is 4.90 Å². The Kier molecular flexibility index (Phi) is 6.61. The minimum absolute atomic E-state index is 0.0114. The van der Waals surface area contributed by atoms with Crippen LogP contribution in [0.4, 0.5) is 10.1 Å². The Balaban J connectivity index is 1.49. The van der Waals surface area contributed by atoms with Gasteiger partial charge >= 0.3 is 0 Å². The summed E-state index contributed by atoms with van der Waals surface area (Å²) in [6.07, 6.45) is 4.21. The first-order chi connectivity index (χ1) is 16.3. The van der Waals surface area contributed by atoms with Crippen LogP contribution in [0.5, 0.6) is 5.75 Å². The van der Waals surface area contributed by atoms with Gasteiger partial charge in [0.25, 0.3) is 5.91 Å². The molecular formula is C25H26ClFN4O3. The maximum absolute atomic E-state index is 14.2. The van der Waals surface area contributed by atoms with Crippen molar-refractivity contribution < 1.29 is 18.7 Å². The van der Waals surface area contributed by atoms with Crippen molar-refractivity contribution >= 4 is 40.9 Å². The Morgan fingerprint density at radius 2 is 1.82 bits per heavy atom. The van der Waals surface area contributed by atoms with E-state index in [9.17, 15) is 14.0 Å². The molecule has 34 heavy (non-hydrogen) atoms. The molecule has 0 radical (unpaired) electrons. The molecule has 9 heteroatoms. The number of methoxy groups -OCH3 is 1. The summed E-state index contributed by atoms with van der Waals surface area (Å²) in [6, 6.07) is 9.42. The molecule has 0 aromatic heterocycles. The molecule has 2 saturated heterocycles. The van der Waals surface area contributed by atoms with Crippen LogP contribution in [0.1, 0.15) is 35.2 Å². The first-order valence-electron chi connectivity index (χ1n) is 11.0. The molecule has 0 atom stereocenters. The third kappa shape index (κ3) is 4.14. The fraction of sp³-hybridized carbons (Fsp3) is 0.320. The first-order valence-corrected chi connectivity index (χ1v) is 11.4. The number of rotatable bonds is 5. The van der Waals surface area contributed by atoms with Crippen LogP contribution in [0.15, 0.2) is 42.6 Å². The number of hydrogen-bond acceptors (Lipinski definition) is 5. The lowest BCUT2D eigenvalue weighted by Gasteiger charge is -2.38. The monoisotopic (exact) mass is 484 g/mol. The number of hydrogen-bond donors (Lipinski definition) is 2. The summed E-state index contributed by atoms with van der Waals surface area (Å²) < 4.78 is 19.7. The van der Waals surface area contributed by atoms with E-state index in [4.69, 9.17) is 27.5 Å². The van der Waals surface area contributed by atoms with Gasteiger partial charge in [-0.3, -0.25) is 9.59 Å². The van der Waals surface area contributed by atoms with Gasteiger partial charge in [-0.2, -0.15) is 0 Å². The van der Waals surface area contributed by atoms with E-state index in [0.717, 1.165) is 12.3 Å². The van der Waals surface area contributed by atoms with Crippen molar-refractivity contribution in [2.45, 2.75) is 19.3 Å². The fourth-order valence-corrected chi connectivity index (χ4v) is 4.96. The van der Waals surface area contributed by atoms with E-state index in [2.05, 4.69) is 0 Å². The maximum Gasteiger partial charge on any atom is 0.256 e. The van der Waals surface area contributed by atoms with E-state index in [1.165, 1.54) is 25.4 Å². The Morgan fingerprint density at radius 1 is 1.15 bits per heavy atom. The molecule has 7 nitrogen and oxygen atoms in total. The SMILES string of the molecule is COc1cc(N2CCC3(CCN(C(=O)c4ccc(Cl)cc4F)CC3)C2=O)ccc1/C(C=N)=C/N. The number of carbonyl (C=O) groups excluding carboxylic acids is 2. The number of likely N-dealkylation sites (tertiary alicyclic amines) is 1.